The molecule has 0 unspecified atom stereocenters. The molecule has 2 heterocycles. The van der Waals surface area contributed by atoms with Crippen LogP contribution in [0.1, 0.15) is 37.7 Å². The first-order valence-electron chi connectivity index (χ1n) is 10.2. The van der Waals surface area contributed by atoms with Crippen molar-refractivity contribution in [2.45, 2.75) is 20.0 Å². The predicted octanol–water partition coefficient (Wildman–Crippen LogP) is 3.82. The first kappa shape index (κ1) is 21.0. The van der Waals surface area contributed by atoms with E-state index >= 15 is 0 Å². The minimum Gasteiger partial charge on any atom is -0.348 e. The number of nitrogens with one attached hydrogen (secondary N) is 2. The number of amides is 2. The number of hydrogen-bond donors (Lipinski definition) is 2. The van der Waals surface area contributed by atoms with E-state index < -0.39 is 0 Å². The number of hydrogen-bond acceptors (Lipinski definition) is 4. The number of imidazole rings is 1. The van der Waals surface area contributed by atoms with Crippen molar-refractivity contribution in [1.82, 2.24) is 19.9 Å². The lowest BCUT2D eigenvalue weighted by Gasteiger charge is -2.12. The van der Waals surface area contributed by atoms with Gasteiger partial charge in [0.15, 0.2) is 0 Å². The zero-order valence-electron chi connectivity index (χ0n) is 17.7. The fourth-order valence-electron chi connectivity index (χ4n) is 3.29. The molecule has 0 saturated carbocycles. The van der Waals surface area contributed by atoms with Crippen LogP contribution in [0.3, 0.4) is 0 Å². The highest BCUT2D eigenvalue weighted by Crippen LogP contribution is 2.17. The molecule has 4 rings (SSSR count). The lowest BCUT2D eigenvalue weighted by Crippen LogP contribution is -2.25. The number of aromatic nitrogens is 3. The van der Waals surface area contributed by atoms with E-state index in [-0.39, 0.29) is 11.8 Å². The molecule has 7 heteroatoms. The van der Waals surface area contributed by atoms with Gasteiger partial charge in [-0.15, -0.1) is 0 Å². The zero-order valence-corrected chi connectivity index (χ0v) is 17.7. The van der Waals surface area contributed by atoms with Gasteiger partial charge >= 0.3 is 0 Å². The molecule has 0 spiro atoms. The second-order valence-corrected chi connectivity index (χ2v) is 7.34. The largest absolute Gasteiger partial charge is 0.348 e. The number of carbonyl (C=O) groups is 2. The highest BCUT2D eigenvalue weighted by molar-refractivity contribution is 6.09. The van der Waals surface area contributed by atoms with Crippen LogP contribution in [0.5, 0.6) is 0 Å². The van der Waals surface area contributed by atoms with E-state index in [1.807, 2.05) is 42.0 Å². The summed E-state index contributed by atoms with van der Waals surface area (Å²) in [5.74, 6) is 0.393. The minimum absolute atomic E-state index is 0.268. The molecule has 0 radical (unpaired) electrons. The topological polar surface area (TPSA) is 88.9 Å². The SMILES string of the molecule is Cc1nccn1Cc1ccc(C(=O)Nc2ccccc2C(=O)NCc2cccnc2)cc1. The highest BCUT2D eigenvalue weighted by atomic mass is 16.2. The first-order chi connectivity index (χ1) is 15.6. The molecule has 2 aromatic heterocycles. The van der Waals surface area contributed by atoms with Crippen LogP contribution in [0.25, 0.3) is 0 Å². The minimum atomic E-state index is -0.275. The number of carbonyl (C=O) groups excluding carboxylic acids is 2. The predicted molar refractivity (Wildman–Crippen MR) is 122 cm³/mol. The monoisotopic (exact) mass is 425 g/mol. The summed E-state index contributed by atoms with van der Waals surface area (Å²) in [5, 5.41) is 5.72. The Hall–Kier alpha value is -4.26. The average Bonchev–Trinajstić information content (AvgIpc) is 3.23. The normalized spacial score (nSPS) is 10.5. The maximum atomic E-state index is 12.8. The molecule has 2 aromatic carbocycles. The van der Waals surface area contributed by atoms with E-state index in [1.165, 1.54) is 0 Å². The Morgan fingerprint density at radius 3 is 2.44 bits per heavy atom. The summed E-state index contributed by atoms with van der Waals surface area (Å²) < 4.78 is 2.04. The van der Waals surface area contributed by atoms with Crippen LogP contribution < -0.4 is 10.6 Å². The van der Waals surface area contributed by atoms with Crippen LogP contribution in [0.2, 0.25) is 0 Å². The van der Waals surface area contributed by atoms with Gasteiger partial charge in [0.2, 0.25) is 0 Å². The van der Waals surface area contributed by atoms with Crippen molar-refractivity contribution in [3.05, 3.63) is 114 Å². The Morgan fingerprint density at radius 2 is 1.72 bits per heavy atom. The molecule has 0 aliphatic rings. The highest BCUT2D eigenvalue weighted by Gasteiger charge is 2.14. The number of rotatable bonds is 7. The van der Waals surface area contributed by atoms with Crippen molar-refractivity contribution in [2.24, 2.45) is 0 Å². The molecule has 4 aromatic rings. The molecule has 0 saturated heterocycles. The van der Waals surface area contributed by atoms with Gasteiger partial charge in [0.25, 0.3) is 11.8 Å². The molecule has 32 heavy (non-hydrogen) atoms. The second kappa shape index (κ2) is 9.70. The lowest BCUT2D eigenvalue weighted by molar-refractivity contribution is 0.0951. The standard InChI is InChI=1S/C25H23N5O2/c1-18-27-13-14-30(18)17-19-8-10-21(11-9-19)24(31)29-23-7-3-2-6-22(23)25(32)28-16-20-5-4-12-26-15-20/h2-15H,16-17H2,1H3,(H,28,32)(H,29,31). The van der Waals surface area contributed by atoms with E-state index in [2.05, 4.69) is 20.6 Å². The number of aryl methyl sites for hydroxylation is 1. The van der Waals surface area contributed by atoms with Crippen LogP contribution in [0.15, 0.2) is 85.5 Å². The van der Waals surface area contributed by atoms with Gasteiger partial charge in [0.05, 0.1) is 11.3 Å². The molecule has 2 N–H and O–H groups in total. The van der Waals surface area contributed by atoms with Crippen LogP contribution in [0, 0.1) is 6.92 Å². The summed E-state index contributed by atoms with van der Waals surface area (Å²) in [4.78, 5) is 33.7. The smallest absolute Gasteiger partial charge is 0.255 e. The number of benzene rings is 2. The van der Waals surface area contributed by atoms with Crippen molar-refractivity contribution in [1.29, 1.82) is 0 Å². The Balaban J connectivity index is 1.42. The Labute approximate surface area is 186 Å². The molecule has 0 atom stereocenters. The summed E-state index contributed by atoms with van der Waals surface area (Å²) >= 11 is 0. The lowest BCUT2D eigenvalue weighted by atomic mass is 10.1. The third-order valence-electron chi connectivity index (χ3n) is 5.09. The zero-order chi connectivity index (χ0) is 22.3. The Morgan fingerprint density at radius 1 is 0.906 bits per heavy atom. The van der Waals surface area contributed by atoms with Crippen LogP contribution in [-0.4, -0.2) is 26.3 Å². The third kappa shape index (κ3) is 5.07. The van der Waals surface area contributed by atoms with Gasteiger partial charge < -0.3 is 15.2 Å². The summed E-state index contributed by atoms with van der Waals surface area (Å²) in [6, 6.07) is 18.0. The molecule has 0 fully saturated rings. The average molecular weight is 425 g/mol. The first-order valence-corrected chi connectivity index (χ1v) is 10.2. The quantitative estimate of drug-likeness (QED) is 0.471. The Kier molecular flexibility index (Phi) is 6.36. The van der Waals surface area contributed by atoms with Gasteiger partial charge in [0, 0.05) is 43.4 Å². The molecule has 160 valence electrons. The Bertz CT molecular complexity index is 1220. The number of para-hydroxylation sites is 1. The summed E-state index contributed by atoms with van der Waals surface area (Å²) in [5.41, 5.74) is 3.34. The van der Waals surface area contributed by atoms with Crippen LogP contribution in [0.4, 0.5) is 5.69 Å². The van der Waals surface area contributed by atoms with E-state index in [1.54, 1.807) is 55.0 Å². The van der Waals surface area contributed by atoms with E-state index in [0.29, 0.717) is 29.9 Å². The van der Waals surface area contributed by atoms with Gasteiger partial charge in [0.1, 0.15) is 5.82 Å². The van der Waals surface area contributed by atoms with Gasteiger partial charge in [-0.25, -0.2) is 4.98 Å². The van der Waals surface area contributed by atoms with Crippen molar-refractivity contribution < 1.29 is 9.59 Å². The van der Waals surface area contributed by atoms with Gasteiger partial charge in [-0.1, -0.05) is 30.3 Å². The number of anilines is 1. The second-order valence-electron chi connectivity index (χ2n) is 7.34. The van der Waals surface area contributed by atoms with Gasteiger partial charge in [-0.3, -0.25) is 14.6 Å². The number of pyridine rings is 1. The number of nitrogens with zero attached hydrogens (tertiary/aromatic N) is 3. The van der Waals surface area contributed by atoms with Gasteiger partial charge in [-0.05, 0) is 48.4 Å². The fourth-order valence-corrected chi connectivity index (χ4v) is 3.29. The van der Waals surface area contributed by atoms with Crippen molar-refractivity contribution in [3.63, 3.8) is 0 Å². The van der Waals surface area contributed by atoms with Crippen molar-refractivity contribution in [3.8, 4) is 0 Å². The van der Waals surface area contributed by atoms with Crippen LogP contribution in [-0.2, 0) is 13.1 Å². The maximum absolute atomic E-state index is 12.8. The third-order valence-corrected chi connectivity index (χ3v) is 5.09. The van der Waals surface area contributed by atoms with Crippen molar-refractivity contribution >= 4 is 17.5 Å². The molecular formula is C25H23N5O2. The van der Waals surface area contributed by atoms with Crippen LogP contribution >= 0.6 is 0 Å². The van der Waals surface area contributed by atoms with E-state index in [4.69, 9.17) is 0 Å². The van der Waals surface area contributed by atoms with Gasteiger partial charge in [-0.2, -0.15) is 0 Å². The molecule has 0 aliphatic carbocycles. The van der Waals surface area contributed by atoms with Crippen molar-refractivity contribution in [2.75, 3.05) is 5.32 Å². The molecule has 7 nitrogen and oxygen atoms in total. The molecule has 2 amide bonds. The molecular weight excluding hydrogens is 402 g/mol. The fraction of sp³-hybridized carbons (Fsp3) is 0.120. The molecule has 0 bridgehead atoms. The summed E-state index contributed by atoms with van der Waals surface area (Å²) in [6.07, 6.45) is 7.07. The van der Waals surface area contributed by atoms with E-state index in [0.717, 1.165) is 17.0 Å². The summed E-state index contributed by atoms with van der Waals surface area (Å²) in [7, 11) is 0. The summed E-state index contributed by atoms with van der Waals surface area (Å²) in [6.45, 7) is 2.99. The van der Waals surface area contributed by atoms with E-state index in [9.17, 15) is 9.59 Å². The maximum Gasteiger partial charge on any atom is 0.255 e. The molecule has 0 aliphatic heterocycles.